The Balaban J connectivity index is 1.42. The third-order valence-electron chi connectivity index (χ3n) is 4.45. The highest BCUT2D eigenvalue weighted by atomic mass is 35.5. The van der Waals surface area contributed by atoms with Crippen LogP contribution >= 0.6 is 11.6 Å². The number of anilines is 1. The van der Waals surface area contributed by atoms with Crippen molar-refractivity contribution >= 4 is 17.3 Å². The lowest BCUT2D eigenvalue weighted by molar-refractivity contribution is 0.0663. The average Bonchev–Trinajstić information content (AvgIpc) is 2.61. The maximum absolute atomic E-state index is 10.3. The molecule has 1 aliphatic heterocycles. The second-order valence-corrected chi connectivity index (χ2v) is 6.99. The molecule has 2 aromatic carbocycles. The zero-order chi connectivity index (χ0) is 17.6. The number of aliphatic hydroxyl groups excluding tert-OH is 1. The molecule has 1 N–H and O–H groups in total. The van der Waals surface area contributed by atoms with Gasteiger partial charge < -0.3 is 14.7 Å². The van der Waals surface area contributed by atoms with Crippen molar-refractivity contribution in [1.82, 2.24) is 4.90 Å². The number of ether oxygens (including phenoxy) is 1. The van der Waals surface area contributed by atoms with Gasteiger partial charge in [-0.3, -0.25) is 4.90 Å². The molecule has 0 radical (unpaired) electrons. The molecule has 0 aromatic heterocycles. The van der Waals surface area contributed by atoms with Gasteiger partial charge in [0.1, 0.15) is 18.5 Å². The molecular formula is C20H25ClN2O2. The Morgan fingerprint density at radius 1 is 1.08 bits per heavy atom. The lowest BCUT2D eigenvalue weighted by Gasteiger charge is -2.36. The summed E-state index contributed by atoms with van der Waals surface area (Å²) in [5.74, 6) is 0.810. The Hall–Kier alpha value is -1.75. The molecule has 2 aromatic rings. The van der Waals surface area contributed by atoms with Crippen molar-refractivity contribution < 1.29 is 9.84 Å². The molecule has 5 heteroatoms. The van der Waals surface area contributed by atoms with Gasteiger partial charge in [-0.05, 0) is 42.8 Å². The first kappa shape index (κ1) is 18.1. The van der Waals surface area contributed by atoms with Gasteiger partial charge in [0.05, 0.1) is 0 Å². The van der Waals surface area contributed by atoms with E-state index in [1.165, 1.54) is 0 Å². The molecule has 1 atom stereocenters. The quantitative estimate of drug-likeness (QED) is 0.858. The zero-order valence-electron chi connectivity index (χ0n) is 14.6. The predicted octanol–water partition coefficient (Wildman–Crippen LogP) is 3.21. The van der Waals surface area contributed by atoms with Crippen LogP contribution < -0.4 is 9.64 Å². The molecule has 25 heavy (non-hydrogen) atoms. The number of aryl methyl sites for hydroxylation is 1. The monoisotopic (exact) mass is 360 g/mol. The van der Waals surface area contributed by atoms with Crippen LogP contribution in [0.25, 0.3) is 0 Å². The predicted molar refractivity (Wildman–Crippen MR) is 103 cm³/mol. The first-order valence-corrected chi connectivity index (χ1v) is 9.08. The minimum absolute atomic E-state index is 0.317. The molecule has 1 aliphatic rings. The van der Waals surface area contributed by atoms with Crippen LogP contribution in [-0.4, -0.2) is 55.4 Å². The van der Waals surface area contributed by atoms with Crippen LogP contribution in [0.1, 0.15) is 5.56 Å². The Labute approximate surface area is 154 Å². The van der Waals surface area contributed by atoms with Gasteiger partial charge in [-0.25, -0.2) is 0 Å². The molecule has 0 spiro atoms. The van der Waals surface area contributed by atoms with Crippen molar-refractivity contribution in [1.29, 1.82) is 0 Å². The van der Waals surface area contributed by atoms with E-state index in [4.69, 9.17) is 16.3 Å². The molecule has 1 saturated heterocycles. The van der Waals surface area contributed by atoms with Gasteiger partial charge in [-0.15, -0.1) is 0 Å². The molecule has 0 saturated carbocycles. The molecule has 0 bridgehead atoms. The molecule has 134 valence electrons. The minimum Gasteiger partial charge on any atom is -0.491 e. The SMILES string of the molecule is Cc1cccc(OC[C@H](O)CN2CCN(c3cccc(Cl)c3)CC2)c1. The highest BCUT2D eigenvalue weighted by molar-refractivity contribution is 6.30. The number of nitrogens with zero attached hydrogens (tertiary/aromatic N) is 2. The third kappa shape index (κ3) is 5.36. The average molecular weight is 361 g/mol. The van der Waals surface area contributed by atoms with Gasteiger partial charge in [0.25, 0.3) is 0 Å². The fraction of sp³-hybridized carbons (Fsp3) is 0.400. The largest absolute Gasteiger partial charge is 0.491 e. The summed E-state index contributed by atoms with van der Waals surface area (Å²) in [5, 5.41) is 11.0. The summed E-state index contributed by atoms with van der Waals surface area (Å²) in [4.78, 5) is 4.61. The van der Waals surface area contributed by atoms with Gasteiger partial charge in [-0.1, -0.05) is 29.8 Å². The molecule has 0 amide bonds. The van der Waals surface area contributed by atoms with Crippen LogP contribution in [0.5, 0.6) is 5.75 Å². The molecule has 1 fully saturated rings. The minimum atomic E-state index is -0.488. The topological polar surface area (TPSA) is 35.9 Å². The van der Waals surface area contributed by atoms with E-state index < -0.39 is 6.10 Å². The first-order valence-electron chi connectivity index (χ1n) is 8.70. The van der Waals surface area contributed by atoms with Gasteiger partial charge in [-0.2, -0.15) is 0 Å². The van der Waals surface area contributed by atoms with Crippen LogP contribution in [0.2, 0.25) is 5.02 Å². The Morgan fingerprint density at radius 2 is 1.84 bits per heavy atom. The van der Waals surface area contributed by atoms with Crippen molar-refractivity contribution in [3.05, 3.63) is 59.1 Å². The highest BCUT2D eigenvalue weighted by Gasteiger charge is 2.20. The summed E-state index contributed by atoms with van der Waals surface area (Å²) in [7, 11) is 0. The van der Waals surface area contributed by atoms with E-state index in [9.17, 15) is 5.11 Å². The van der Waals surface area contributed by atoms with E-state index in [2.05, 4.69) is 15.9 Å². The van der Waals surface area contributed by atoms with Crippen molar-refractivity contribution in [2.24, 2.45) is 0 Å². The second kappa shape index (κ2) is 8.56. The molecule has 4 nitrogen and oxygen atoms in total. The Morgan fingerprint density at radius 3 is 2.56 bits per heavy atom. The summed E-state index contributed by atoms with van der Waals surface area (Å²) in [6, 6.07) is 15.9. The van der Waals surface area contributed by atoms with Gasteiger partial charge >= 0.3 is 0 Å². The fourth-order valence-corrected chi connectivity index (χ4v) is 3.29. The third-order valence-corrected chi connectivity index (χ3v) is 4.68. The number of β-amino-alcohol motifs (C(OH)–C–C–N with tert-alkyl or cyclic N) is 1. The van der Waals surface area contributed by atoms with Crippen molar-refractivity contribution in [3.8, 4) is 5.75 Å². The fourth-order valence-electron chi connectivity index (χ4n) is 3.11. The van der Waals surface area contributed by atoms with Crippen LogP contribution in [0, 0.1) is 6.92 Å². The van der Waals surface area contributed by atoms with Crippen molar-refractivity contribution in [2.75, 3.05) is 44.2 Å². The summed E-state index contributed by atoms with van der Waals surface area (Å²) in [5.41, 5.74) is 2.32. The maximum Gasteiger partial charge on any atom is 0.119 e. The van der Waals surface area contributed by atoms with Gasteiger partial charge in [0, 0.05) is 43.4 Å². The zero-order valence-corrected chi connectivity index (χ0v) is 15.3. The summed E-state index contributed by atoms with van der Waals surface area (Å²) < 4.78 is 5.69. The lowest BCUT2D eigenvalue weighted by Crippen LogP contribution is -2.49. The van der Waals surface area contributed by atoms with E-state index in [0.29, 0.717) is 13.2 Å². The number of benzene rings is 2. The smallest absolute Gasteiger partial charge is 0.119 e. The van der Waals surface area contributed by atoms with E-state index in [-0.39, 0.29) is 0 Å². The molecule has 3 rings (SSSR count). The van der Waals surface area contributed by atoms with Crippen molar-refractivity contribution in [3.63, 3.8) is 0 Å². The maximum atomic E-state index is 10.3. The summed E-state index contributed by atoms with van der Waals surface area (Å²) >= 11 is 6.07. The normalized spacial score (nSPS) is 16.7. The summed E-state index contributed by atoms with van der Waals surface area (Å²) in [6.07, 6.45) is -0.488. The Kier molecular flexibility index (Phi) is 6.19. The number of halogens is 1. The molecule has 1 heterocycles. The van der Waals surface area contributed by atoms with Crippen LogP contribution in [0.3, 0.4) is 0 Å². The molecule has 0 aliphatic carbocycles. The van der Waals surface area contributed by atoms with E-state index in [1.807, 2.05) is 49.4 Å². The number of rotatable bonds is 6. The van der Waals surface area contributed by atoms with Crippen LogP contribution in [-0.2, 0) is 0 Å². The lowest BCUT2D eigenvalue weighted by atomic mass is 10.2. The van der Waals surface area contributed by atoms with Crippen molar-refractivity contribution in [2.45, 2.75) is 13.0 Å². The van der Waals surface area contributed by atoms with E-state index in [1.54, 1.807) is 0 Å². The molecule has 0 unspecified atom stereocenters. The van der Waals surface area contributed by atoms with E-state index in [0.717, 1.165) is 48.2 Å². The first-order chi connectivity index (χ1) is 12.1. The van der Waals surface area contributed by atoms with Gasteiger partial charge in [0.15, 0.2) is 0 Å². The Bertz CT molecular complexity index is 687. The standard InChI is InChI=1S/C20H25ClN2O2/c1-16-4-2-7-20(12-16)25-15-19(24)14-22-8-10-23(11-9-22)18-6-3-5-17(21)13-18/h2-7,12-13,19,24H,8-11,14-15H2,1H3/t19-/m1/s1. The second-order valence-electron chi connectivity index (χ2n) is 6.55. The van der Waals surface area contributed by atoms with E-state index >= 15 is 0 Å². The highest BCUT2D eigenvalue weighted by Crippen LogP contribution is 2.21. The molecular weight excluding hydrogens is 336 g/mol. The van der Waals surface area contributed by atoms with Crippen LogP contribution in [0.4, 0.5) is 5.69 Å². The van der Waals surface area contributed by atoms with Gasteiger partial charge in [0.2, 0.25) is 0 Å². The summed E-state index contributed by atoms with van der Waals surface area (Å²) in [6.45, 7) is 6.70. The number of aliphatic hydroxyl groups is 1. The number of hydrogen-bond donors (Lipinski definition) is 1. The number of piperazine rings is 1. The van der Waals surface area contributed by atoms with Crippen LogP contribution in [0.15, 0.2) is 48.5 Å². The number of hydrogen-bond acceptors (Lipinski definition) is 4.